The first-order chi connectivity index (χ1) is 16.2. The first-order valence-corrected chi connectivity index (χ1v) is 12.2. The van der Waals surface area contributed by atoms with Crippen LogP contribution in [0.4, 0.5) is 5.82 Å². The molecule has 3 aliphatic rings. The average molecular weight is 452 g/mol. The zero-order chi connectivity index (χ0) is 22.6. The van der Waals surface area contributed by atoms with Crippen molar-refractivity contribution in [3.05, 3.63) is 52.7 Å². The van der Waals surface area contributed by atoms with E-state index >= 15 is 0 Å². The molecule has 2 N–H and O–H groups in total. The Kier molecular flexibility index (Phi) is 6.78. The van der Waals surface area contributed by atoms with E-state index in [0.29, 0.717) is 19.8 Å². The predicted octanol–water partition coefficient (Wildman–Crippen LogP) is 3.61. The van der Waals surface area contributed by atoms with E-state index in [0.717, 1.165) is 80.0 Å². The molecule has 5 rings (SSSR count). The highest BCUT2D eigenvalue weighted by atomic mass is 16.5. The van der Waals surface area contributed by atoms with Crippen LogP contribution in [0, 0.1) is 0 Å². The molecule has 0 aliphatic carbocycles. The Bertz CT molecular complexity index is 995. The number of hydrogen-bond donors (Lipinski definition) is 2. The van der Waals surface area contributed by atoms with Crippen LogP contribution in [0.25, 0.3) is 0 Å². The second-order valence-corrected chi connectivity index (χ2v) is 9.25. The number of fused-ring (bicyclic) bond motifs is 2. The van der Waals surface area contributed by atoms with Gasteiger partial charge in [0.2, 0.25) is 0 Å². The highest BCUT2D eigenvalue weighted by Gasteiger charge is 2.36. The van der Waals surface area contributed by atoms with Crippen molar-refractivity contribution in [2.24, 2.45) is 0 Å². The van der Waals surface area contributed by atoms with Gasteiger partial charge in [-0.3, -0.25) is 9.69 Å². The number of nitrogens with zero attached hydrogens (tertiary/aromatic N) is 2. The lowest BCUT2D eigenvalue weighted by atomic mass is 10.0. The molecule has 0 radical (unpaired) electrons. The number of para-hydroxylation sites is 1. The fraction of sp³-hybridized carbons (Fsp3) is 0.538. The van der Waals surface area contributed by atoms with Crippen LogP contribution >= 0.6 is 0 Å². The number of aryl methyl sites for hydroxylation is 2. The van der Waals surface area contributed by atoms with Crippen molar-refractivity contribution in [3.63, 3.8) is 0 Å². The molecule has 1 unspecified atom stereocenters. The molecule has 1 aromatic heterocycles. The van der Waals surface area contributed by atoms with Crippen molar-refractivity contribution >= 4 is 11.8 Å². The molecule has 2 aromatic rings. The summed E-state index contributed by atoms with van der Waals surface area (Å²) in [5, 5.41) is 13.4. The van der Waals surface area contributed by atoms with E-state index in [9.17, 15) is 9.90 Å². The number of unbranched alkanes of at least 4 members (excludes halogenated alkanes) is 1. The maximum absolute atomic E-state index is 12.2. The predicted molar refractivity (Wildman–Crippen MR) is 126 cm³/mol. The van der Waals surface area contributed by atoms with Crippen molar-refractivity contribution in [3.8, 4) is 5.75 Å². The molecule has 33 heavy (non-hydrogen) atoms. The SMILES string of the molecule is O=C(O)C(c1cccc2c1OCC2)N1CC[C@@H](OCCCCc2ccc3c(n2)NCCC3)C1. The highest BCUT2D eigenvalue weighted by Crippen LogP contribution is 2.37. The summed E-state index contributed by atoms with van der Waals surface area (Å²) >= 11 is 0. The summed E-state index contributed by atoms with van der Waals surface area (Å²) in [6.07, 6.45) is 7.04. The van der Waals surface area contributed by atoms with E-state index in [-0.39, 0.29) is 6.10 Å². The van der Waals surface area contributed by atoms with Crippen LogP contribution in [0.2, 0.25) is 0 Å². The Labute approximate surface area is 195 Å². The van der Waals surface area contributed by atoms with Crippen LogP contribution in [-0.2, 0) is 28.8 Å². The monoisotopic (exact) mass is 451 g/mol. The second-order valence-electron chi connectivity index (χ2n) is 9.25. The summed E-state index contributed by atoms with van der Waals surface area (Å²) in [4.78, 5) is 19.0. The van der Waals surface area contributed by atoms with E-state index in [1.807, 2.05) is 23.1 Å². The molecule has 0 amide bonds. The molecule has 4 heterocycles. The lowest BCUT2D eigenvalue weighted by molar-refractivity contribution is -0.143. The molecule has 1 fully saturated rings. The minimum atomic E-state index is -0.827. The maximum atomic E-state index is 12.2. The number of rotatable bonds is 9. The summed E-state index contributed by atoms with van der Waals surface area (Å²) in [6, 6.07) is 9.53. The second kappa shape index (κ2) is 10.1. The number of carboxylic acids is 1. The lowest BCUT2D eigenvalue weighted by Gasteiger charge is -2.26. The van der Waals surface area contributed by atoms with Gasteiger partial charge in [-0.1, -0.05) is 24.3 Å². The number of aromatic nitrogens is 1. The molecule has 7 heteroatoms. The number of carbonyl (C=O) groups is 1. The summed E-state index contributed by atoms with van der Waals surface area (Å²) in [5.74, 6) is 0.996. The van der Waals surface area contributed by atoms with E-state index in [1.165, 1.54) is 12.0 Å². The minimum Gasteiger partial charge on any atom is -0.493 e. The summed E-state index contributed by atoms with van der Waals surface area (Å²) < 4.78 is 11.9. The number of likely N-dealkylation sites (tertiary alicyclic amines) is 1. The van der Waals surface area contributed by atoms with Gasteiger partial charge in [0, 0.05) is 43.9 Å². The Morgan fingerprint density at radius 1 is 1.24 bits per heavy atom. The minimum absolute atomic E-state index is 0.0793. The number of ether oxygens (including phenoxy) is 2. The van der Waals surface area contributed by atoms with Crippen molar-refractivity contribution in [2.45, 2.75) is 57.1 Å². The number of anilines is 1. The van der Waals surface area contributed by atoms with Crippen molar-refractivity contribution in [2.75, 3.05) is 38.2 Å². The number of carboxylic acid groups (broad SMARTS) is 1. The third kappa shape index (κ3) is 4.99. The van der Waals surface area contributed by atoms with Crippen LogP contribution in [0.3, 0.4) is 0 Å². The fourth-order valence-corrected chi connectivity index (χ4v) is 5.23. The van der Waals surface area contributed by atoms with Crippen LogP contribution in [0.15, 0.2) is 30.3 Å². The van der Waals surface area contributed by atoms with Gasteiger partial charge in [0.1, 0.15) is 17.6 Å². The molecule has 1 aromatic carbocycles. The van der Waals surface area contributed by atoms with Gasteiger partial charge in [0.05, 0.1) is 12.7 Å². The Morgan fingerprint density at radius 3 is 3.09 bits per heavy atom. The quantitative estimate of drug-likeness (QED) is 0.564. The number of benzene rings is 1. The summed E-state index contributed by atoms with van der Waals surface area (Å²) in [6.45, 7) is 3.69. The Morgan fingerprint density at radius 2 is 2.18 bits per heavy atom. The first-order valence-electron chi connectivity index (χ1n) is 12.2. The van der Waals surface area contributed by atoms with Crippen LogP contribution in [0.5, 0.6) is 5.75 Å². The van der Waals surface area contributed by atoms with Crippen molar-refractivity contribution in [1.29, 1.82) is 0 Å². The van der Waals surface area contributed by atoms with Gasteiger partial charge in [-0.2, -0.15) is 0 Å². The van der Waals surface area contributed by atoms with Gasteiger partial charge >= 0.3 is 5.97 Å². The van der Waals surface area contributed by atoms with E-state index < -0.39 is 12.0 Å². The molecular weight excluding hydrogens is 418 g/mol. The van der Waals surface area contributed by atoms with Crippen LogP contribution in [0.1, 0.15) is 54.1 Å². The standard InChI is InChI=1S/C26H33N3O4/c30-26(31)23(22-8-3-5-18-12-16-33-24(18)22)29-14-11-21(17-29)32-15-2-1-7-20-10-9-19-6-4-13-27-25(19)28-20/h3,5,8-10,21,23H,1-2,4,6-7,11-17H2,(H,27,28)(H,30,31)/t21-,23?/m1/s1. The van der Waals surface area contributed by atoms with Gasteiger partial charge in [0.25, 0.3) is 0 Å². The number of pyridine rings is 1. The van der Waals surface area contributed by atoms with E-state index in [2.05, 4.69) is 17.4 Å². The molecule has 176 valence electrons. The normalized spacial score (nSPS) is 20.5. The third-order valence-corrected chi connectivity index (χ3v) is 6.95. The van der Waals surface area contributed by atoms with Gasteiger partial charge in [-0.15, -0.1) is 0 Å². The smallest absolute Gasteiger partial charge is 0.325 e. The third-order valence-electron chi connectivity index (χ3n) is 6.95. The maximum Gasteiger partial charge on any atom is 0.325 e. The first kappa shape index (κ1) is 22.2. The number of hydrogen-bond acceptors (Lipinski definition) is 6. The van der Waals surface area contributed by atoms with E-state index in [4.69, 9.17) is 14.5 Å². The molecule has 0 spiro atoms. The Hall–Kier alpha value is -2.64. The molecular formula is C26H33N3O4. The lowest BCUT2D eigenvalue weighted by Crippen LogP contribution is -2.33. The van der Waals surface area contributed by atoms with Crippen molar-refractivity contribution < 1.29 is 19.4 Å². The molecule has 3 aliphatic heterocycles. The van der Waals surface area contributed by atoms with Crippen molar-refractivity contribution in [1.82, 2.24) is 9.88 Å². The molecule has 0 saturated carbocycles. The number of aliphatic carboxylic acids is 1. The molecule has 0 bridgehead atoms. The van der Waals surface area contributed by atoms with Gasteiger partial charge in [-0.25, -0.2) is 4.98 Å². The summed E-state index contributed by atoms with van der Waals surface area (Å²) in [5.41, 5.74) is 4.34. The molecule has 7 nitrogen and oxygen atoms in total. The van der Waals surface area contributed by atoms with Crippen LogP contribution in [-0.4, -0.2) is 59.9 Å². The largest absolute Gasteiger partial charge is 0.493 e. The molecule has 2 atom stereocenters. The Balaban J connectivity index is 1.09. The topological polar surface area (TPSA) is 83.9 Å². The van der Waals surface area contributed by atoms with Gasteiger partial charge in [-0.05, 0) is 55.7 Å². The van der Waals surface area contributed by atoms with E-state index in [1.54, 1.807) is 0 Å². The molecule has 1 saturated heterocycles. The van der Waals surface area contributed by atoms with Gasteiger partial charge in [0.15, 0.2) is 0 Å². The summed E-state index contributed by atoms with van der Waals surface area (Å²) in [7, 11) is 0. The average Bonchev–Trinajstić information content (AvgIpc) is 3.49. The zero-order valence-electron chi connectivity index (χ0n) is 19.1. The highest BCUT2D eigenvalue weighted by molar-refractivity contribution is 5.77. The van der Waals surface area contributed by atoms with Gasteiger partial charge < -0.3 is 19.9 Å². The van der Waals surface area contributed by atoms with Crippen LogP contribution < -0.4 is 10.1 Å². The fourth-order valence-electron chi connectivity index (χ4n) is 5.23. The number of nitrogens with one attached hydrogen (secondary N) is 1. The zero-order valence-corrected chi connectivity index (χ0v) is 19.1.